The first kappa shape index (κ1) is 21.6. The molecule has 0 aromatic heterocycles. The number of rotatable bonds is 4. The summed E-state index contributed by atoms with van der Waals surface area (Å²) in [6.07, 6.45) is 6.00. The van der Waals surface area contributed by atoms with Crippen LogP contribution < -0.4 is 0 Å². The number of aliphatic hydroxyl groups is 3. The fourth-order valence-electron chi connectivity index (χ4n) is 8.68. The average Bonchev–Trinajstić information content (AvgIpc) is 3.01. The third-order valence-electron chi connectivity index (χ3n) is 10.3. The van der Waals surface area contributed by atoms with E-state index >= 15 is 0 Å². The Kier molecular flexibility index (Phi) is 5.57. The number of hydrogen-bond donors (Lipinski definition) is 4. The van der Waals surface area contributed by atoms with Crippen molar-refractivity contribution >= 4 is 5.97 Å². The van der Waals surface area contributed by atoms with Crippen LogP contribution in [0, 0.1) is 46.3 Å². The first-order chi connectivity index (χ1) is 13.6. The van der Waals surface area contributed by atoms with Crippen LogP contribution in [0.2, 0.25) is 0 Å². The van der Waals surface area contributed by atoms with Crippen molar-refractivity contribution in [2.75, 3.05) is 0 Å². The van der Waals surface area contributed by atoms with Crippen LogP contribution in [-0.4, -0.2) is 44.7 Å². The van der Waals surface area contributed by atoms with Gasteiger partial charge in [-0.05, 0) is 97.7 Å². The average molecular weight is 409 g/mol. The van der Waals surface area contributed by atoms with Crippen molar-refractivity contribution in [1.29, 1.82) is 0 Å². The van der Waals surface area contributed by atoms with Crippen molar-refractivity contribution in [2.45, 2.75) is 96.9 Å². The maximum atomic E-state index is 11.5. The lowest BCUT2D eigenvalue weighted by Gasteiger charge is -2.63. The molecule has 5 nitrogen and oxygen atoms in total. The van der Waals surface area contributed by atoms with Gasteiger partial charge in [-0.1, -0.05) is 20.8 Å². The summed E-state index contributed by atoms with van der Waals surface area (Å²) < 4.78 is 0. The SMILES string of the molecule is C[C@H](CCC(=O)O)[C@H]1CC[C@H]2C3[C@H](O)CC4C[C@H](O)CCC4(C)[C@H]3C[C@H](O)C12C. The molecule has 0 aromatic rings. The second-order valence-electron chi connectivity index (χ2n) is 11.4. The minimum atomic E-state index is -0.748. The molecule has 0 radical (unpaired) electrons. The topological polar surface area (TPSA) is 98.0 Å². The molecular weight excluding hydrogens is 368 g/mol. The zero-order valence-corrected chi connectivity index (χ0v) is 18.3. The van der Waals surface area contributed by atoms with E-state index in [0.29, 0.717) is 30.1 Å². The number of carboxylic acid groups (broad SMARTS) is 1. The molecule has 4 rings (SSSR count). The van der Waals surface area contributed by atoms with E-state index in [1.807, 2.05) is 0 Å². The van der Waals surface area contributed by atoms with Crippen LogP contribution in [0.25, 0.3) is 0 Å². The Morgan fingerprint density at radius 2 is 1.76 bits per heavy atom. The van der Waals surface area contributed by atoms with E-state index < -0.39 is 12.1 Å². The third kappa shape index (κ3) is 3.27. The van der Waals surface area contributed by atoms with Crippen LogP contribution in [0.3, 0.4) is 0 Å². The second kappa shape index (κ2) is 7.49. The molecule has 0 aromatic carbocycles. The standard InChI is InChI=1S/C24H40O5/c1-13(4-7-21(28)29)16-5-6-17-22-18(12-20(27)24(16,17)3)23(2)9-8-15(25)10-14(23)11-19(22)26/h13-20,22,25-27H,4-12H2,1-3H3,(H,28,29)/t13-,14?,15-,16-,17+,18+,19-,20+,22?,23?,24?/m1/s1. The highest BCUT2D eigenvalue weighted by atomic mass is 16.4. The predicted octanol–water partition coefficient (Wildman–Crippen LogP) is 3.45. The zero-order chi connectivity index (χ0) is 21.1. The normalized spacial score (nSPS) is 52.9. The van der Waals surface area contributed by atoms with Crippen molar-refractivity contribution in [1.82, 2.24) is 0 Å². The summed E-state index contributed by atoms with van der Waals surface area (Å²) in [5, 5.41) is 42.0. The van der Waals surface area contributed by atoms with Crippen molar-refractivity contribution in [3.8, 4) is 0 Å². The van der Waals surface area contributed by atoms with Gasteiger partial charge in [-0.25, -0.2) is 0 Å². The van der Waals surface area contributed by atoms with Crippen LogP contribution in [0.15, 0.2) is 0 Å². The van der Waals surface area contributed by atoms with Gasteiger partial charge in [-0.15, -0.1) is 0 Å². The smallest absolute Gasteiger partial charge is 0.303 e. The number of carboxylic acids is 1. The molecule has 4 fully saturated rings. The molecule has 4 aliphatic rings. The van der Waals surface area contributed by atoms with Gasteiger partial charge in [0.05, 0.1) is 18.3 Å². The summed E-state index contributed by atoms with van der Waals surface area (Å²) in [4.78, 5) is 11.1. The molecule has 0 saturated heterocycles. The summed E-state index contributed by atoms with van der Waals surface area (Å²) in [5.74, 6) is 0.997. The molecule has 0 heterocycles. The predicted molar refractivity (Wildman–Crippen MR) is 110 cm³/mol. The monoisotopic (exact) mass is 408 g/mol. The lowest BCUT2D eigenvalue weighted by atomic mass is 9.43. The lowest BCUT2D eigenvalue weighted by Crippen LogP contribution is -2.62. The summed E-state index contributed by atoms with van der Waals surface area (Å²) in [7, 11) is 0. The van der Waals surface area contributed by atoms with E-state index in [4.69, 9.17) is 5.11 Å². The largest absolute Gasteiger partial charge is 0.481 e. The highest BCUT2D eigenvalue weighted by Crippen LogP contribution is 2.68. The number of fused-ring (bicyclic) bond motifs is 5. The number of aliphatic hydroxyl groups excluding tert-OH is 3. The van der Waals surface area contributed by atoms with Crippen molar-refractivity contribution in [3.63, 3.8) is 0 Å². The zero-order valence-electron chi connectivity index (χ0n) is 18.3. The van der Waals surface area contributed by atoms with Gasteiger partial charge in [0, 0.05) is 6.42 Å². The molecule has 0 spiro atoms. The molecule has 11 atom stereocenters. The van der Waals surface area contributed by atoms with Crippen molar-refractivity contribution < 1.29 is 25.2 Å². The molecule has 29 heavy (non-hydrogen) atoms. The molecule has 5 heteroatoms. The maximum absolute atomic E-state index is 11.5. The number of hydrogen-bond acceptors (Lipinski definition) is 4. The van der Waals surface area contributed by atoms with Gasteiger partial charge in [0.1, 0.15) is 0 Å². The highest BCUT2D eigenvalue weighted by Gasteiger charge is 2.65. The Morgan fingerprint density at radius 3 is 2.45 bits per heavy atom. The van der Waals surface area contributed by atoms with Crippen LogP contribution in [0.5, 0.6) is 0 Å². The van der Waals surface area contributed by atoms with Crippen LogP contribution in [0.1, 0.15) is 78.6 Å². The maximum Gasteiger partial charge on any atom is 0.303 e. The van der Waals surface area contributed by atoms with Crippen molar-refractivity contribution in [3.05, 3.63) is 0 Å². The lowest BCUT2D eigenvalue weighted by molar-refractivity contribution is -0.207. The Bertz CT molecular complexity index is 637. The van der Waals surface area contributed by atoms with E-state index in [9.17, 15) is 20.1 Å². The third-order valence-corrected chi connectivity index (χ3v) is 10.3. The molecular formula is C24H40O5. The van der Waals surface area contributed by atoms with Crippen LogP contribution >= 0.6 is 0 Å². The molecule has 4 unspecified atom stereocenters. The van der Waals surface area contributed by atoms with Gasteiger partial charge in [-0.2, -0.15) is 0 Å². The van der Waals surface area contributed by atoms with Crippen LogP contribution in [0.4, 0.5) is 0 Å². The Balaban J connectivity index is 1.61. The fourth-order valence-corrected chi connectivity index (χ4v) is 8.68. The first-order valence-corrected chi connectivity index (χ1v) is 11.8. The molecule has 4 N–H and O–H groups in total. The number of aliphatic carboxylic acids is 1. The van der Waals surface area contributed by atoms with Crippen molar-refractivity contribution in [2.24, 2.45) is 46.3 Å². The van der Waals surface area contributed by atoms with Gasteiger partial charge in [0.15, 0.2) is 0 Å². The van der Waals surface area contributed by atoms with Gasteiger partial charge in [0.2, 0.25) is 0 Å². The molecule has 0 aliphatic heterocycles. The Labute approximate surface area is 174 Å². The molecule has 4 saturated carbocycles. The van der Waals surface area contributed by atoms with E-state index in [1.165, 1.54) is 0 Å². The summed E-state index contributed by atoms with van der Waals surface area (Å²) in [5.41, 5.74) is -0.143. The van der Waals surface area contributed by atoms with Crippen LogP contribution in [-0.2, 0) is 4.79 Å². The molecule has 4 aliphatic carbocycles. The molecule has 0 bridgehead atoms. The van der Waals surface area contributed by atoms with E-state index in [0.717, 1.165) is 44.9 Å². The first-order valence-electron chi connectivity index (χ1n) is 11.8. The Morgan fingerprint density at radius 1 is 1.03 bits per heavy atom. The fraction of sp³-hybridized carbons (Fsp3) is 0.958. The highest BCUT2D eigenvalue weighted by molar-refractivity contribution is 5.66. The van der Waals surface area contributed by atoms with Gasteiger partial charge < -0.3 is 20.4 Å². The summed E-state index contributed by atoms with van der Waals surface area (Å²) >= 11 is 0. The molecule has 166 valence electrons. The van der Waals surface area contributed by atoms with E-state index in [2.05, 4.69) is 20.8 Å². The minimum Gasteiger partial charge on any atom is -0.481 e. The summed E-state index contributed by atoms with van der Waals surface area (Å²) in [6, 6.07) is 0. The number of carbonyl (C=O) groups is 1. The Hall–Kier alpha value is -0.650. The quantitative estimate of drug-likeness (QED) is 0.571. The van der Waals surface area contributed by atoms with Gasteiger partial charge in [-0.3, -0.25) is 4.79 Å². The van der Waals surface area contributed by atoms with Gasteiger partial charge in [0.25, 0.3) is 0 Å². The summed E-state index contributed by atoms with van der Waals surface area (Å²) in [6.45, 7) is 6.72. The van der Waals surface area contributed by atoms with E-state index in [1.54, 1.807) is 0 Å². The minimum absolute atomic E-state index is 0.0957. The molecule has 0 amide bonds. The van der Waals surface area contributed by atoms with E-state index in [-0.39, 0.29) is 41.3 Å². The second-order valence-corrected chi connectivity index (χ2v) is 11.4. The van der Waals surface area contributed by atoms with Gasteiger partial charge >= 0.3 is 5.97 Å².